The van der Waals surface area contributed by atoms with Crippen LogP contribution in [-0.4, -0.2) is 26.6 Å². The Morgan fingerprint density at radius 1 is 1.03 bits per heavy atom. The Kier molecular flexibility index (Phi) is 6.46. The maximum absolute atomic E-state index is 13.2. The molecule has 0 unspecified atom stereocenters. The lowest BCUT2D eigenvalue weighted by atomic mass is 10.1. The number of aryl methyl sites for hydroxylation is 1. The zero-order valence-electron chi connectivity index (χ0n) is 17.5. The number of nitrogens with one attached hydrogen (secondary N) is 2. The number of carbonyl (C=O) groups is 2. The van der Waals surface area contributed by atoms with Crippen LogP contribution in [0.25, 0.3) is 5.69 Å². The molecule has 2 amide bonds. The molecule has 33 heavy (non-hydrogen) atoms. The smallest absolute Gasteiger partial charge is 0.256 e. The first-order chi connectivity index (χ1) is 15.9. The molecule has 0 spiro atoms. The molecular weight excluding hydrogens is 445 g/mol. The van der Waals surface area contributed by atoms with Gasteiger partial charge in [0.15, 0.2) is 0 Å². The molecule has 0 saturated heterocycles. The predicted octanol–water partition coefficient (Wildman–Crippen LogP) is 4.55. The molecule has 0 aliphatic carbocycles. The van der Waals surface area contributed by atoms with Crippen molar-refractivity contribution in [1.29, 1.82) is 0 Å². The van der Waals surface area contributed by atoms with Crippen molar-refractivity contribution in [3.8, 4) is 5.69 Å². The third-order valence-electron chi connectivity index (χ3n) is 4.88. The van der Waals surface area contributed by atoms with E-state index in [4.69, 9.17) is 11.6 Å². The molecule has 4 aromatic rings. The maximum Gasteiger partial charge on any atom is 0.256 e. The van der Waals surface area contributed by atoms with Crippen molar-refractivity contribution in [2.45, 2.75) is 13.5 Å². The van der Waals surface area contributed by atoms with E-state index >= 15 is 0 Å². The number of halogens is 2. The quantitative estimate of drug-likeness (QED) is 0.439. The Balaban J connectivity index is 1.45. The zero-order valence-corrected chi connectivity index (χ0v) is 18.3. The van der Waals surface area contributed by atoms with Crippen molar-refractivity contribution in [2.75, 3.05) is 5.32 Å². The van der Waals surface area contributed by atoms with E-state index in [0.29, 0.717) is 22.6 Å². The van der Waals surface area contributed by atoms with Crippen LogP contribution in [0.1, 0.15) is 32.0 Å². The number of rotatable bonds is 6. The summed E-state index contributed by atoms with van der Waals surface area (Å²) in [6.07, 6.45) is 3.10. The number of carbonyl (C=O) groups excluding carboxylic acids is 2. The number of hydrogen-bond acceptors (Lipinski definition) is 4. The van der Waals surface area contributed by atoms with Gasteiger partial charge in [0, 0.05) is 30.2 Å². The predicted molar refractivity (Wildman–Crippen MR) is 123 cm³/mol. The van der Waals surface area contributed by atoms with Gasteiger partial charge >= 0.3 is 0 Å². The summed E-state index contributed by atoms with van der Waals surface area (Å²) in [7, 11) is 0. The van der Waals surface area contributed by atoms with Gasteiger partial charge in [-0.1, -0.05) is 23.7 Å². The van der Waals surface area contributed by atoms with Crippen LogP contribution in [0, 0.1) is 12.7 Å². The number of aromatic nitrogens is 3. The Morgan fingerprint density at radius 2 is 1.76 bits per heavy atom. The Hall–Kier alpha value is -4.04. The third-order valence-corrected chi connectivity index (χ3v) is 5.23. The Bertz CT molecular complexity index is 1310. The lowest BCUT2D eigenvalue weighted by Gasteiger charge is -2.09. The summed E-state index contributed by atoms with van der Waals surface area (Å²) in [6, 6.07) is 16.0. The minimum Gasteiger partial charge on any atom is -0.348 e. The lowest BCUT2D eigenvalue weighted by Crippen LogP contribution is -2.23. The number of nitrogens with zero attached hydrogens (tertiary/aromatic N) is 3. The fourth-order valence-corrected chi connectivity index (χ4v) is 3.60. The van der Waals surface area contributed by atoms with E-state index < -0.39 is 5.91 Å². The molecule has 0 atom stereocenters. The molecule has 0 saturated carbocycles. The highest BCUT2D eigenvalue weighted by Gasteiger charge is 2.21. The van der Waals surface area contributed by atoms with Crippen molar-refractivity contribution < 1.29 is 14.0 Å². The average molecular weight is 464 g/mol. The molecule has 0 aliphatic heterocycles. The normalized spacial score (nSPS) is 10.6. The van der Waals surface area contributed by atoms with E-state index in [1.807, 2.05) is 6.07 Å². The minimum absolute atomic E-state index is 0.134. The second-order valence-corrected chi connectivity index (χ2v) is 7.57. The number of benzene rings is 2. The summed E-state index contributed by atoms with van der Waals surface area (Å²) in [6.45, 7) is 1.89. The number of amides is 2. The largest absolute Gasteiger partial charge is 0.348 e. The SMILES string of the molecule is Cc1nn(-c2ccc(F)cc2)c(Cl)c1C(=O)NCc1cccc(NC(=O)c2ccncc2)c1. The molecule has 0 bridgehead atoms. The molecule has 2 aromatic carbocycles. The topological polar surface area (TPSA) is 88.9 Å². The van der Waals surface area contributed by atoms with E-state index in [9.17, 15) is 14.0 Å². The molecule has 4 rings (SSSR count). The van der Waals surface area contributed by atoms with Crippen LogP contribution in [0.4, 0.5) is 10.1 Å². The lowest BCUT2D eigenvalue weighted by molar-refractivity contribution is 0.0949. The van der Waals surface area contributed by atoms with Gasteiger partial charge in [0.25, 0.3) is 11.8 Å². The van der Waals surface area contributed by atoms with Crippen molar-refractivity contribution in [2.24, 2.45) is 0 Å². The van der Waals surface area contributed by atoms with Gasteiger partial charge in [-0.3, -0.25) is 14.6 Å². The van der Waals surface area contributed by atoms with Crippen molar-refractivity contribution in [3.63, 3.8) is 0 Å². The highest BCUT2D eigenvalue weighted by Crippen LogP contribution is 2.24. The molecule has 2 aromatic heterocycles. The zero-order chi connectivity index (χ0) is 23.4. The maximum atomic E-state index is 13.2. The molecule has 7 nitrogen and oxygen atoms in total. The van der Waals surface area contributed by atoms with Gasteiger partial charge in [0.1, 0.15) is 11.0 Å². The van der Waals surface area contributed by atoms with Gasteiger partial charge in [-0.2, -0.15) is 5.10 Å². The van der Waals surface area contributed by atoms with Crippen molar-refractivity contribution in [1.82, 2.24) is 20.1 Å². The third kappa shape index (κ3) is 5.07. The number of hydrogen-bond donors (Lipinski definition) is 2. The molecule has 0 fully saturated rings. The standard InChI is InChI=1S/C24H19ClFN5O2/c1-15-21(22(25)31(30-15)20-7-5-18(26)6-8-20)24(33)28-14-16-3-2-4-19(13-16)29-23(32)17-9-11-27-12-10-17/h2-13H,14H2,1H3,(H,28,33)(H,29,32). The highest BCUT2D eigenvalue weighted by molar-refractivity contribution is 6.33. The van der Waals surface area contributed by atoms with Gasteiger partial charge < -0.3 is 10.6 Å². The molecule has 0 aliphatic rings. The average Bonchev–Trinajstić information content (AvgIpc) is 3.12. The van der Waals surface area contributed by atoms with Crippen LogP contribution in [0.3, 0.4) is 0 Å². The van der Waals surface area contributed by atoms with Gasteiger partial charge in [0.2, 0.25) is 0 Å². The molecule has 2 N–H and O–H groups in total. The fourth-order valence-electron chi connectivity index (χ4n) is 3.25. The van der Waals surface area contributed by atoms with Crippen LogP contribution < -0.4 is 10.6 Å². The summed E-state index contributed by atoms with van der Waals surface area (Å²) in [5, 5.41) is 10.1. The first kappa shape index (κ1) is 22.2. The first-order valence-electron chi connectivity index (χ1n) is 10.0. The highest BCUT2D eigenvalue weighted by atomic mass is 35.5. The van der Waals surface area contributed by atoms with Gasteiger partial charge in [-0.05, 0) is 61.0 Å². The monoisotopic (exact) mass is 463 g/mol. The summed E-state index contributed by atoms with van der Waals surface area (Å²) >= 11 is 6.42. The van der Waals surface area contributed by atoms with E-state index in [1.165, 1.54) is 28.9 Å². The van der Waals surface area contributed by atoms with E-state index in [2.05, 4.69) is 20.7 Å². The summed E-state index contributed by atoms with van der Waals surface area (Å²) in [5.41, 5.74) is 3.11. The van der Waals surface area contributed by atoms with Crippen molar-refractivity contribution in [3.05, 3.63) is 106 Å². The summed E-state index contributed by atoms with van der Waals surface area (Å²) < 4.78 is 14.6. The summed E-state index contributed by atoms with van der Waals surface area (Å²) in [5.74, 6) is -1.03. The minimum atomic E-state index is -0.392. The van der Waals surface area contributed by atoms with Gasteiger partial charge in [-0.25, -0.2) is 9.07 Å². The van der Waals surface area contributed by atoms with Crippen LogP contribution in [0.2, 0.25) is 5.15 Å². The van der Waals surface area contributed by atoms with Crippen LogP contribution in [0.5, 0.6) is 0 Å². The van der Waals surface area contributed by atoms with E-state index in [1.54, 1.807) is 49.6 Å². The number of anilines is 1. The van der Waals surface area contributed by atoms with Crippen molar-refractivity contribution >= 4 is 29.1 Å². The molecule has 166 valence electrons. The molecule has 9 heteroatoms. The molecule has 0 radical (unpaired) electrons. The van der Waals surface area contributed by atoms with Crippen LogP contribution >= 0.6 is 11.6 Å². The van der Waals surface area contributed by atoms with E-state index in [-0.39, 0.29) is 29.0 Å². The molecule has 2 heterocycles. The van der Waals surface area contributed by atoms with E-state index in [0.717, 1.165) is 5.56 Å². The first-order valence-corrected chi connectivity index (χ1v) is 10.4. The second kappa shape index (κ2) is 9.62. The number of pyridine rings is 1. The van der Waals surface area contributed by atoms with Crippen LogP contribution in [0.15, 0.2) is 73.1 Å². The Morgan fingerprint density at radius 3 is 2.48 bits per heavy atom. The second-order valence-electron chi connectivity index (χ2n) is 7.21. The summed E-state index contributed by atoms with van der Waals surface area (Å²) in [4.78, 5) is 29.1. The van der Waals surface area contributed by atoms with Crippen LogP contribution in [-0.2, 0) is 6.54 Å². The molecular formula is C24H19ClFN5O2. The van der Waals surface area contributed by atoms with Gasteiger partial charge in [-0.15, -0.1) is 0 Å². The fraction of sp³-hybridized carbons (Fsp3) is 0.0833. The van der Waals surface area contributed by atoms with Gasteiger partial charge in [0.05, 0.1) is 16.9 Å². The Labute approximate surface area is 194 Å².